The van der Waals surface area contributed by atoms with E-state index in [0.717, 1.165) is 18.2 Å². The molecule has 0 saturated heterocycles. The molecular weight excluding hydrogens is 805 g/mol. The molecule has 0 fully saturated rings. The Morgan fingerprint density at radius 1 is 0.604 bits per heavy atom. The Labute approximate surface area is 306 Å². The molecule has 6 aromatic rings. The number of hydrogen-bond acceptors (Lipinski definition) is 12. The summed E-state index contributed by atoms with van der Waals surface area (Å²) in [6.07, 6.45) is -6.40. The van der Waals surface area contributed by atoms with Gasteiger partial charge in [-0.1, -0.05) is 12.1 Å². The SMILES string of the molecule is FC(F)(F)c1cc[c-]c(-c2cccc(-c3nc(C(F)(F)F)n[n-]3)n2)c1.O=COc1ccnc(-c2cc(OC=O)cc(-c3cc(OC=O)ccn3)n2)c1.[Ru+2]. The molecule has 0 aliphatic rings. The number of rotatable bonds is 10. The minimum absolute atomic E-state index is 0. The van der Waals surface area contributed by atoms with Gasteiger partial charge in [-0.05, 0) is 35.3 Å². The van der Waals surface area contributed by atoms with Crippen molar-refractivity contribution in [2.45, 2.75) is 12.4 Å². The van der Waals surface area contributed by atoms with Crippen LogP contribution < -0.4 is 19.3 Å². The largest absolute Gasteiger partial charge is 2.00 e. The molecule has 0 atom stereocenters. The monoisotopic (exact) mass is 823 g/mol. The maximum absolute atomic E-state index is 12.8. The van der Waals surface area contributed by atoms with Crippen LogP contribution in [0.5, 0.6) is 17.2 Å². The van der Waals surface area contributed by atoms with E-state index in [-0.39, 0.29) is 66.0 Å². The van der Waals surface area contributed by atoms with Gasteiger partial charge in [0, 0.05) is 36.7 Å². The molecule has 5 aromatic heterocycles. The van der Waals surface area contributed by atoms with Crippen LogP contribution in [0.1, 0.15) is 11.4 Å². The summed E-state index contributed by atoms with van der Waals surface area (Å²) in [5.74, 6) is -1.03. The van der Waals surface area contributed by atoms with Crippen LogP contribution in [-0.2, 0) is 46.2 Å². The van der Waals surface area contributed by atoms with E-state index in [4.69, 9.17) is 14.2 Å². The molecule has 0 spiro atoms. The van der Waals surface area contributed by atoms with Gasteiger partial charge < -0.3 is 24.3 Å². The van der Waals surface area contributed by atoms with Crippen molar-refractivity contribution < 1.29 is 74.4 Å². The molecule has 0 N–H and O–H groups in total. The molecule has 6 rings (SSSR count). The molecule has 5 heterocycles. The number of carbonyl (C=O) groups excluding carboxylic acids is 3. The number of carbonyl (C=O) groups is 3. The summed E-state index contributed by atoms with van der Waals surface area (Å²) >= 11 is 0. The summed E-state index contributed by atoms with van der Waals surface area (Å²) in [5, 5.41) is 6.24. The van der Waals surface area contributed by atoms with E-state index in [0.29, 0.717) is 35.7 Å². The fourth-order valence-corrected chi connectivity index (χ4v) is 4.22. The van der Waals surface area contributed by atoms with Crippen molar-refractivity contribution in [1.29, 1.82) is 0 Å². The smallest absolute Gasteiger partial charge is 0.429 e. The Morgan fingerprint density at radius 2 is 1.13 bits per heavy atom. The zero-order valence-corrected chi connectivity index (χ0v) is 27.8. The van der Waals surface area contributed by atoms with E-state index in [2.05, 4.69) is 41.2 Å². The molecule has 0 aliphatic carbocycles. The summed E-state index contributed by atoms with van der Waals surface area (Å²) in [5.41, 5.74) is 0.646. The summed E-state index contributed by atoms with van der Waals surface area (Å²) in [6.45, 7) is 0.875. The van der Waals surface area contributed by atoms with Crippen molar-refractivity contribution in [2.24, 2.45) is 0 Å². The van der Waals surface area contributed by atoms with E-state index < -0.39 is 23.7 Å². The van der Waals surface area contributed by atoms with Gasteiger partial charge in [-0.15, -0.1) is 29.8 Å². The van der Waals surface area contributed by atoms with E-state index in [9.17, 15) is 40.7 Å². The van der Waals surface area contributed by atoms with E-state index in [1.165, 1.54) is 67.0 Å². The minimum atomic E-state index is -4.75. The Bertz CT molecular complexity index is 2150. The van der Waals surface area contributed by atoms with E-state index >= 15 is 0 Å². The minimum Gasteiger partial charge on any atom is -0.429 e. The average molecular weight is 823 g/mol. The zero-order chi connectivity index (χ0) is 37.3. The van der Waals surface area contributed by atoms with Crippen LogP contribution in [0.3, 0.4) is 0 Å². The van der Waals surface area contributed by atoms with Crippen LogP contribution in [0.25, 0.3) is 45.6 Å². The van der Waals surface area contributed by atoms with Gasteiger partial charge >= 0.3 is 31.8 Å². The summed E-state index contributed by atoms with van der Waals surface area (Å²) in [7, 11) is 0. The van der Waals surface area contributed by atoms with Crippen LogP contribution in [-0.4, -0.2) is 49.4 Å². The van der Waals surface area contributed by atoms with Gasteiger partial charge in [-0.25, -0.2) is 4.98 Å². The molecule has 0 amide bonds. The normalized spacial score (nSPS) is 10.9. The quantitative estimate of drug-likeness (QED) is 0.0703. The number of halogens is 6. The number of hydrogen-bond donors (Lipinski definition) is 0. The second kappa shape index (κ2) is 17.2. The van der Waals surface area contributed by atoms with Gasteiger partial charge in [-0.2, -0.15) is 26.3 Å². The third kappa shape index (κ3) is 10.3. The molecule has 270 valence electrons. The molecule has 0 bridgehead atoms. The van der Waals surface area contributed by atoms with Crippen molar-refractivity contribution >= 4 is 19.4 Å². The van der Waals surface area contributed by atoms with Crippen LogP contribution in [0, 0.1) is 6.07 Å². The zero-order valence-electron chi connectivity index (χ0n) is 26.0. The van der Waals surface area contributed by atoms with Crippen LogP contribution in [0.15, 0.2) is 85.2 Å². The first kappa shape index (κ1) is 39.4. The van der Waals surface area contributed by atoms with Gasteiger partial charge in [0.05, 0.1) is 28.5 Å². The number of ether oxygens (including phenoxy) is 3. The Morgan fingerprint density at radius 3 is 1.66 bits per heavy atom. The van der Waals surface area contributed by atoms with Crippen LogP contribution >= 0.6 is 0 Å². The van der Waals surface area contributed by atoms with Crippen LogP contribution in [0.2, 0.25) is 0 Å². The van der Waals surface area contributed by atoms with Gasteiger partial charge in [-0.3, -0.25) is 34.4 Å². The summed E-state index contributed by atoms with van der Waals surface area (Å²) in [4.78, 5) is 51.9. The van der Waals surface area contributed by atoms with Crippen molar-refractivity contribution in [1.82, 2.24) is 35.1 Å². The van der Waals surface area contributed by atoms with E-state index in [1.54, 1.807) is 0 Å². The Kier molecular flexibility index (Phi) is 12.8. The predicted molar refractivity (Wildman–Crippen MR) is 164 cm³/mol. The molecular formula is C33H17F6N7O6Ru. The Balaban J connectivity index is 0.000000233. The van der Waals surface area contributed by atoms with Gasteiger partial charge in [0.25, 0.3) is 19.4 Å². The fraction of sp³-hybridized carbons (Fsp3) is 0.0606. The molecule has 0 unspecified atom stereocenters. The first-order chi connectivity index (χ1) is 24.9. The fourth-order valence-electron chi connectivity index (χ4n) is 4.22. The van der Waals surface area contributed by atoms with E-state index in [1.807, 2.05) is 0 Å². The second-order valence-electron chi connectivity index (χ2n) is 9.82. The maximum atomic E-state index is 12.8. The van der Waals surface area contributed by atoms with Crippen molar-refractivity contribution in [3.05, 3.63) is 103 Å². The van der Waals surface area contributed by atoms with Crippen molar-refractivity contribution in [3.8, 4) is 62.8 Å². The van der Waals surface area contributed by atoms with Gasteiger partial charge in [0.15, 0.2) is 0 Å². The summed E-state index contributed by atoms with van der Waals surface area (Å²) < 4.78 is 90.4. The topological polar surface area (TPSA) is 170 Å². The predicted octanol–water partition coefficient (Wildman–Crippen LogP) is 5.81. The third-order valence-electron chi connectivity index (χ3n) is 6.43. The van der Waals surface area contributed by atoms with Crippen molar-refractivity contribution in [3.63, 3.8) is 0 Å². The molecule has 0 radical (unpaired) electrons. The molecule has 1 aromatic carbocycles. The Hall–Kier alpha value is -6.43. The molecule has 13 nitrogen and oxygen atoms in total. The number of aromatic nitrogens is 7. The number of alkyl halides is 6. The second-order valence-corrected chi connectivity index (χ2v) is 9.82. The molecule has 0 aliphatic heterocycles. The van der Waals surface area contributed by atoms with Gasteiger partial charge in [0.2, 0.25) is 0 Å². The molecule has 0 saturated carbocycles. The number of nitrogens with zero attached hydrogens (tertiary/aromatic N) is 7. The molecule has 53 heavy (non-hydrogen) atoms. The van der Waals surface area contributed by atoms with Gasteiger partial charge in [0.1, 0.15) is 23.1 Å². The first-order valence-electron chi connectivity index (χ1n) is 14.1. The summed E-state index contributed by atoms with van der Waals surface area (Å²) in [6, 6.07) is 18.6. The first-order valence-corrected chi connectivity index (χ1v) is 14.1. The number of pyridine rings is 4. The third-order valence-corrected chi connectivity index (χ3v) is 6.43. The maximum Gasteiger partial charge on any atom is 2.00 e. The molecule has 20 heteroatoms. The van der Waals surface area contributed by atoms with Crippen molar-refractivity contribution in [2.75, 3.05) is 0 Å². The average Bonchev–Trinajstić information content (AvgIpc) is 3.64. The standard InChI is InChI=1S/C18H11N3O6.C15H6F6N4.Ru/c22-9-25-12-1-3-19-15(5-12)17-7-14(27-11-24)8-18(21-17)16-6-13(26-10-23)2-4-20-16;16-14(17,18)9-4-1-3-8(7-9)10-5-2-6-11(22-10)12-23-13(25-24-12)15(19,20)21;/h1-11H;1-2,4-7H;/q;-2;+2. The van der Waals surface area contributed by atoms with Crippen LogP contribution in [0.4, 0.5) is 26.3 Å². The number of benzene rings is 1.